The highest BCUT2D eigenvalue weighted by Gasteiger charge is 2.11. The summed E-state index contributed by atoms with van der Waals surface area (Å²) >= 11 is 1.37. The molecule has 122 valence electrons. The Hall–Kier alpha value is -2.80. The molecule has 0 radical (unpaired) electrons. The second-order valence-electron chi connectivity index (χ2n) is 5.07. The van der Waals surface area contributed by atoms with E-state index in [1.807, 2.05) is 24.3 Å². The van der Waals surface area contributed by atoms with Gasteiger partial charge in [-0.3, -0.25) is 14.6 Å². The molecule has 2 heterocycles. The minimum atomic E-state index is -0.215. The third-order valence-electron chi connectivity index (χ3n) is 3.31. The third-order valence-corrected chi connectivity index (χ3v) is 4.35. The number of nitrogens with one attached hydrogen (secondary N) is 2. The van der Waals surface area contributed by atoms with Crippen LogP contribution in [0.2, 0.25) is 0 Å². The molecule has 0 aliphatic rings. The summed E-state index contributed by atoms with van der Waals surface area (Å²) in [4.78, 5) is 32.2. The van der Waals surface area contributed by atoms with Gasteiger partial charge >= 0.3 is 0 Å². The van der Waals surface area contributed by atoms with Gasteiger partial charge in [0.25, 0.3) is 11.8 Å². The molecule has 0 unspecified atom stereocenters. The molecule has 24 heavy (non-hydrogen) atoms. The molecule has 0 aliphatic heterocycles. The van der Waals surface area contributed by atoms with Crippen LogP contribution in [-0.2, 0) is 0 Å². The van der Waals surface area contributed by atoms with Gasteiger partial charge in [0.2, 0.25) is 0 Å². The lowest BCUT2D eigenvalue weighted by Crippen LogP contribution is -2.30. The van der Waals surface area contributed by atoms with Gasteiger partial charge in [-0.2, -0.15) is 0 Å². The van der Waals surface area contributed by atoms with E-state index < -0.39 is 0 Å². The van der Waals surface area contributed by atoms with Gasteiger partial charge in [0, 0.05) is 19.3 Å². The molecule has 3 rings (SSSR count). The van der Waals surface area contributed by atoms with E-state index in [1.54, 1.807) is 24.4 Å². The van der Waals surface area contributed by atoms with Gasteiger partial charge in [-0.15, -0.1) is 11.3 Å². The molecule has 1 aromatic carbocycles. The van der Waals surface area contributed by atoms with E-state index in [1.165, 1.54) is 11.3 Å². The zero-order chi connectivity index (χ0) is 16.8. The van der Waals surface area contributed by atoms with E-state index in [4.69, 9.17) is 0 Å². The molecule has 0 bridgehead atoms. The van der Waals surface area contributed by atoms with Crippen molar-refractivity contribution in [1.29, 1.82) is 0 Å². The predicted octanol–water partition coefficient (Wildman–Crippen LogP) is 2.24. The predicted molar refractivity (Wildman–Crippen MR) is 93.1 cm³/mol. The molecule has 2 aromatic heterocycles. The number of nitrogens with zero attached hydrogens (tertiary/aromatic N) is 2. The standard InChI is InChI=1S/C17H16N4O2S/c22-15(13-7-3-4-9-18-13)19-10-5-11-20-16(23)17-21-12-6-1-2-8-14(12)24-17/h1-4,6-9H,5,10-11H2,(H,19,22)(H,20,23). The largest absolute Gasteiger partial charge is 0.351 e. The summed E-state index contributed by atoms with van der Waals surface area (Å²) in [5.41, 5.74) is 1.21. The normalized spacial score (nSPS) is 10.5. The molecule has 6 nitrogen and oxygen atoms in total. The first kappa shape index (κ1) is 16.1. The van der Waals surface area contributed by atoms with Crippen LogP contribution in [0.1, 0.15) is 26.7 Å². The Bertz CT molecular complexity index is 815. The van der Waals surface area contributed by atoms with Crippen molar-refractivity contribution in [3.05, 3.63) is 59.4 Å². The van der Waals surface area contributed by atoms with Crippen LogP contribution < -0.4 is 10.6 Å². The topological polar surface area (TPSA) is 84.0 Å². The number of carbonyl (C=O) groups excluding carboxylic acids is 2. The van der Waals surface area contributed by atoms with Crippen molar-refractivity contribution in [1.82, 2.24) is 20.6 Å². The van der Waals surface area contributed by atoms with Gasteiger partial charge in [-0.1, -0.05) is 18.2 Å². The molecular weight excluding hydrogens is 324 g/mol. The van der Waals surface area contributed by atoms with Gasteiger partial charge in [0.1, 0.15) is 5.69 Å². The Balaban J connectivity index is 1.41. The molecule has 3 aromatic rings. The summed E-state index contributed by atoms with van der Waals surface area (Å²) in [6, 6.07) is 12.8. The number of thiazole rings is 1. The first-order chi connectivity index (χ1) is 11.7. The second-order valence-corrected chi connectivity index (χ2v) is 6.10. The highest BCUT2D eigenvalue weighted by molar-refractivity contribution is 7.20. The lowest BCUT2D eigenvalue weighted by atomic mass is 10.3. The Morgan fingerprint density at radius 1 is 0.958 bits per heavy atom. The van der Waals surface area contributed by atoms with Crippen LogP contribution in [-0.4, -0.2) is 34.9 Å². The number of para-hydroxylation sites is 1. The number of rotatable bonds is 6. The van der Waals surface area contributed by atoms with Crippen molar-refractivity contribution < 1.29 is 9.59 Å². The Morgan fingerprint density at radius 3 is 2.46 bits per heavy atom. The first-order valence-electron chi connectivity index (χ1n) is 7.57. The molecule has 0 aliphatic carbocycles. The van der Waals surface area contributed by atoms with Crippen LogP contribution in [0.5, 0.6) is 0 Å². The van der Waals surface area contributed by atoms with Gasteiger partial charge in [0.05, 0.1) is 10.2 Å². The number of benzene rings is 1. The smallest absolute Gasteiger partial charge is 0.280 e. The Kier molecular flexibility index (Phi) is 5.12. The summed E-state index contributed by atoms with van der Waals surface area (Å²) < 4.78 is 0.991. The minimum absolute atomic E-state index is 0.188. The highest BCUT2D eigenvalue weighted by Crippen LogP contribution is 2.21. The summed E-state index contributed by atoms with van der Waals surface area (Å²) in [7, 11) is 0. The number of aromatic nitrogens is 2. The minimum Gasteiger partial charge on any atom is -0.351 e. The van der Waals surface area contributed by atoms with Crippen molar-refractivity contribution in [2.75, 3.05) is 13.1 Å². The van der Waals surface area contributed by atoms with Gasteiger partial charge in [-0.25, -0.2) is 4.98 Å². The fourth-order valence-corrected chi connectivity index (χ4v) is 3.01. The van der Waals surface area contributed by atoms with Crippen molar-refractivity contribution in [3.8, 4) is 0 Å². The van der Waals surface area contributed by atoms with Crippen LogP contribution in [0.4, 0.5) is 0 Å². The van der Waals surface area contributed by atoms with Gasteiger partial charge in [-0.05, 0) is 30.7 Å². The van der Waals surface area contributed by atoms with Crippen LogP contribution in [0, 0.1) is 0 Å². The van der Waals surface area contributed by atoms with E-state index in [0.717, 1.165) is 10.2 Å². The van der Waals surface area contributed by atoms with E-state index in [9.17, 15) is 9.59 Å². The fraction of sp³-hybridized carbons (Fsp3) is 0.176. The summed E-state index contributed by atoms with van der Waals surface area (Å²) in [5.74, 6) is -0.402. The van der Waals surface area contributed by atoms with Gasteiger partial charge in [0.15, 0.2) is 5.01 Å². The highest BCUT2D eigenvalue weighted by atomic mass is 32.1. The maximum atomic E-state index is 12.1. The number of carbonyl (C=O) groups is 2. The van der Waals surface area contributed by atoms with E-state index in [2.05, 4.69) is 20.6 Å². The van der Waals surface area contributed by atoms with E-state index in [-0.39, 0.29) is 11.8 Å². The summed E-state index contributed by atoms with van der Waals surface area (Å²) in [5, 5.41) is 6.04. The number of amides is 2. The maximum Gasteiger partial charge on any atom is 0.280 e. The van der Waals surface area contributed by atoms with Crippen molar-refractivity contribution in [3.63, 3.8) is 0 Å². The molecule has 2 amide bonds. The van der Waals surface area contributed by atoms with Crippen LogP contribution in [0.15, 0.2) is 48.7 Å². The van der Waals surface area contributed by atoms with Crippen molar-refractivity contribution >= 4 is 33.4 Å². The molecule has 0 saturated carbocycles. The summed E-state index contributed by atoms with van der Waals surface area (Å²) in [6.45, 7) is 0.937. The van der Waals surface area contributed by atoms with E-state index in [0.29, 0.717) is 30.2 Å². The number of hydrogen-bond donors (Lipinski definition) is 2. The molecule has 2 N–H and O–H groups in total. The molecule has 0 fully saturated rings. The van der Waals surface area contributed by atoms with Gasteiger partial charge < -0.3 is 10.6 Å². The lowest BCUT2D eigenvalue weighted by Gasteiger charge is -2.05. The molecule has 0 spiro atoms. The molecule has 0 atom stereocenters. The summed E-state index contributed by atoms with van der Waals surface area (Å²) in [6.07, 6.45) is 2.21. The van der Waals surface area contributed by atoms with Crippen LogP contribution >= 0.6 is 11.3 Å². The van der Waals surface area contributed by atoms with Crippen LogP contribution in [0.3, 0.4) is 0 Å². The molecular formula is C17H16N4O2S. The van der Waals surface area contributed by atoms with Crippen molar-refractivity contribution in [2.45, 2.75) is 6.42 Å². The maximum absolute atomic E-state index is 12.1. The average Bonchev–Trinajstić information content (AvgIpc) is 3.06. The zero-order valence-electron chi connectivity index (χ0n) is 12.9. The SMILES string of the molecule is O=C(NCCCNC(=O)c1nc2ccccc2s1)c1ccccn1. The van der Waals surface area contributed by atoms with Crippen LogP contribution in [0.25, 0.3) is 10.2 Å². The quantitative estimate of drug-likeness (QED) is 0.674. The Labute approximate surface area is 142 Å². The number of pyridine rings is 1. The second kappa shape index (κ2) is 7.65. The van der Waals surface area contributed by atoms with Crippen molar-refractivity contribution in [2.24, 2.45) is 0 Å². The molecule has 7 heteroatoms. The zero-order valence-corrected chi connectivity index (χ0v) is 13.7. The lowest BCUT2D eigenvalue weighted by molar-refractivity contribution is 0.0948. The average molecular weight is 340 g/mol. The third kappa shape index (κ3) is 3.94. The number of hydrogen-bond acceptors (Lipinski definition) is 5. The number of fused-ring (bicyclic) bond motifs is 1. The fourth-order valence-electron chi connectivity index (χ4n) is 2.12. The van der Waals surface area contributed by atoms with E-state index >= 15 is 0 Å². The molecule has 0 saturated heterocycles. The monoisotopic (exact) mass is 340 g/mol. The Morgan fingerprint density at radius 2 is 1.71 bits per heavy atom. The first-order valence-corrected chi connectivity index (χ1v) is 8.39.